The van der Waals surface area contributed by atoms with E-state index < -0.39 is 0 Å². The van der Waals surface area contributed by atoms with E-state index in [1.807, 2.05) is 32.0 Å². The van der Waals surface area contributed by atoms with Gasteiger partial charge >= 0.3 is 0 Å². The summed E-state index contributed by atoms with van der Waals surface area (Å²) in [5.41, 5.74) is 3.40. The van der Waals surface area contributed by atoms with Gasteiger partial charge < -0.3 is 9.84 Å². The molecule has 27 heavy (non-hydrogen) atoms. The standard InChI is InChI=1S/C22H31N3O2/c1-3-27-22-10-5-4-8-19(22)15-25-13-12-24(17-21(25)11-14-26)16-20-9-6-7-18(2)23-20/h4-10,21,26H,3,11-17H2,1-2H3/t21-/m1/s1. The molecule has 1 atom stereocenters. The largest absolute Gasteiger partial charge is 0.494 e. The predicted molar refractivity (Wildman–Crippen MR) is 108 cm³/mol. The van der Waals surface area contributed by atoms with E-state index in [1.54, 1.807) is 0 Å². The van der Waals surface area contributed by atoms with Gasteiger partial charge in [-0.15, -0.1) is 0 Å². The molecule has 1 aromatic carbocycles. The SMILES string of the molecule is CCOc1ccccc1CN1CCN(Cc2cccc(C)n2)C[C@H]1CCO. The molecular weight excluding hydrogens is 338 g/mol. The summed E-state index contributed by atoms with van der Waals surface area (Å²) in [6.45, 7) is 9.61. The molecule has 0 unspecified atom stereocenters. The molecular formula is C22H31N3O2. The lowest BCUT2D eigenvalue weighted by atomic mass is 10.1. The second-order valence-electron chi connectivity index (χ2n) is 7.18. The highest BCUT2D eigenvalue weighted by molar-refractivity contribution is 5.33. The number of hydrogen-bond acceptors (Lipinski definition) is 5. The van der Waals surface area contributed by atoms with Gasteiger partial charge in [-0.3, -0.25) is 14.8 Å². The van der Waals surface area contributed by atoms with Crippen LogP contribution in [-0.4, -0.2) is 58.8 Å². The number of ether oxygens (including phenoxy) is 1. The number of pyridine rings is 1. The Morgan fingerprint density at radius 3 is 2.74 bits per heavy atom. The van der Waals surface area contributed by atoms with Crippen molar-refractivity contribution in [2.24, 2.45) is 0 Å². The topological polar surface area (TPSA) is 48.8 Å². The van der Waals surface area contributed by atoms with Crippen LogP contribution >= 0.6 is 0 Å². The number of rotatable bonds is 8. The molecule has 1 saturated heterocycles. The second kappa shape index (κ2) is 9.83. The summed E-state index contributed by atoms with van der Waals surface area (Å²) < 4.78 is 5.79. The molecule has 1 aliphatic rings. The Morgan fingerprint density at radius 1 is 1.11 bits per heavy atom. The van der Waals surface area contributed by atoms with Gasteiger partial charge in [0.2, 0.25) is 0 Å². The normalized spacial score (nSPS) is 18.6. The van der Waals surface area contributed by atoms with E-state index in [9.17, 15) is 5.11 Å². The van der Waals surface area contributed by atoms with Crippen LogP contribution in [-0.2, 0) is 13.1 Å². The first-order chi connectivity index (χ1) is 13.2. The first kappa shape index (κ1) is 19.8. The Bertz CT molecular complexity index is 722. The molecule has 146 valence electrons. The number of nitrogens with zero attached hydrogens (tertiary/aromatic N) is 3. The zero-order valence-corrected chi connectivity index (χ0v) is 16.5. The minimum Gasteiger partial charge on any atom is -0.494 e. The summed E-state index contributed by atoms with van der Waals surface area (Å²) in [6, 6.07) is 14.8. The summed E-state index contributed by atoms with van der Waals surface area (Å²) >= 11 is 0. The second-order valence-corrected chi connectivity index (χ2v) is 7.18. The van der Waals surface area contributed by atoms with Crippen molar-refractivity contribution < 1.29 is 9.84 Å². The average molecular weight is 370 g/mol. The van der Waals surface area contributed by atoms with E-state index in [2.05, 4.69) is 39.0 Å². The molecule has 2 heterocycles. The zero-order valence-electron chi connectivity index (χ0n) is 16.5. The molecule has 5 heteroatoms. The van der Waals surface area contributed by atoms with Crippen LogP contribution in [0.25, 0.3) is 0 Å². The third-order valence-electron chi connectivity index (χ3n) is 5.13. The van der Waals surface area contributed by atoms with Gasteiger partial charge in [0.25, 0.3) is 0 Å². The van der Waals surface area contributed by atoms with E-state index in [0.717, 1.165) is 56.3 Å². The highest BCUT2D eigenvalue weighted by Crippen LogP contribution is 2.23. The minimum atomic E-state index is 0.213. The molecule has 1 aromatic heterocycles. The molecule has 3 rings (SSSR count). The first-order valence-electron chi connectivity index (χ1n) is 9.90. The van der Waals surface area contributed by atoms with Gasteiger partial charge in [-0.25, -0.2) is 0 Å². The smallest absolute Gasteiger partial charge is 0.123 e. The Balaban J connectivity index is 1.66. The van der Waals surface area contributed by atoms with Crippen molar-refractivity contribution in [1.82, 2.24) is 14.8 Å². The quantitative estimate of drug-likeness (QED) is 0.775. The number of benzene rings is 1. The third-order valence-corrected chi connectivity index (χ3v) is 5.13. The fraction of sp³-hybridized carbons (Fsp3) is 0.500. The lowest BCUT2D eigenvalue weighted by Crippen LogP contribution is -2.52. The van der Waals surface area contributed by atoms with Gasteiger partial charge in [0, 0.05) is 56.6 Å². The molecule has 5 nitrogen and oxygen atoms in total. The Labute approximate surface area is 162 Å². The molecule has 2 aromatic rings. The van der Waals surface area contributed by atoms with Crippen molar-refractivity contribution in [2.45, 2.75) is 39.4 Å². The fourth-order valence-corrected chi connectivity index (χ4v) is 3.80. The summed E-state index contributed by atoms with van der Waals surface area (Å²) in [5.74, 6) is 0.967. The van der Waals surface area contributed by atoms with Crippen molar-refractivity contribution in [1.29, 1.82) is 0 Å². The Morgan fingerprint density at radius 2 is 1.96 bits per heavy atom. The number of aromatic nitrogens is 1. The molecule has 1 fully saturated rings. The van der Waals surface area contributed by atoms with Gasteiger partial charge in [0.05, 0.1) is 12.3 Å². The predicted octanol–water partition coefficient (Wildman–Crippen LogP) is 2.86. The summed E-state index contributed by atoms with van der Waals surface area (Å²) in [7, 11) is 0. The maximum Gasteiger partial charge on any atom is 0.123 e. The van der Waals surface area contributed by atoms with Crippen molar-refractivity contribution >= 4 is 0 Å². The number of aliphatic hydroxyl groups is 1. The van der Waals surface area contributed by atoms with E-state index in [4.69, 9.17) is 4.74 Å². The lowest BCUT2D eigenvalue weighted by molar-refractivity contribution is 0.0488. The van der Waals surface area contributed by atoms with Crippen LogP contribution in [0.4, 0.5) is 0 Å². The van der Waals surface area contributed by atoms with Crippen LogP contribution in [0.3, 0.4) is 0 Å². The maximum atomic E-state index is 9.57. The van der Waals surface area contributed by atoms with E-state index in [-0.39, 0.29) is 6.61 Å². The van der Waals surface area contributed by atoms with Crippen LogP contribution in [0.5, 0.6) is 5.75 Å². The zero-order chi connectivity index (χ0) is 19.1. The van der Waals surface area contributed by atoms with Crippen LogP contribution < -0.4 is 4.74 Å². The van der Waals surface area contributed by atoms with Crippen LogP contribution in [0.2, 0.25) is 0 Å². The van der Waals surface area contributed by atoms with Gasteiger partial charge in [-0.1, -0.05) is 24.3 Å². The monoisotopic (exact) mass is 369 g/mol. The van der Waals surface area contributed by atoms with Gasteiger partial charge in [-0.05, 0) is 38.5 Å². The number of piperazine rings is 1. The van der Waals surface area contributed by atoms with Gasteiger partial charge in [0.15, 0.2) is 0 Å². The Kier molecular flexibility index (Phi) is 7.21. The third kappa shape index (κ3) is 5.51. The van der Waals surface area contributed by atoms with Crippen molar-refractivity contribution in [3.8, 4) is 5.75 Å². The number of aliphatic hydroxyl groups excluding tert-OH is 1. The molecule has 0 aliphatic carbocycles. The number of para-hydroxylation sites is 1. The molecule has 0 saturated carbocycles. The fourth-order valence-electron chi connectivity index (χ4n) is 3.80. The average Bonchev–Trinajstić information content (AvgIpc) is 2.66. The van der Waals surface area contributed by atoms with E-state index in [0.29, 0.717) is 12.6 Å². The molecule has 0 spiro atoms. The molecule has 1 aliphatic heterocycles. The van der Waals surface area contributed by atoms with E-state index >= 15 is 0 Å². The summed E-state index contributed by atoms with van der Waals surface area (Å²) in [6.07, 6.45) is 0.786. The minimum absolute atomic E-state index is 0.213. The molecule has 1 N–H and O–H groups in total. The van der Waals surface area contributed by atoms with E-state index in [1.165, 1.54) is 5.56 Å². The van der Waals surface area contributed by atoms with Crippen molar-refractivity contribution in [3.63, 3.8) is 0 Å². The van der Waals surface area contributed by atoms with Crippen LogP contribution in [0.15, 0.2) is 42.5 Å². The summed E-state index contributed by atoms with van der Waals surface area (Å²) in [4.78, 5) is 9.57. The highest BCUT2D eigenvalue weighted by Gasteiger charge is 2.27. The lowest BCUT2D eigenvalue weighted by Gasteiger charge is -2.41. The van der Waals surface area contributed by atoms with Gasteiger partial charge in [0.1, 0.15) is 5.75 Å². The molecule has 0 radical (unpaired) electrons. The maximum absolute atomic E-state index is 9.57. The van der Waals surface area contributed by atoms with Crippen molar-refractivity contribution in [2.75, 3.05) is 32.8 Å². The summed E-state index contributed by atoms with van der Waals surface area (Å²) in [5, 5.41) is 9.57. The number of hydrogen-bond donors (Lipinski definition) is 1. The highest BCUT2D eigenvalue weighted by atomic mass is 16.5. The molecule has 0 bridgehead atoms. The first-order valence-corrected chi connectivity index (χ1v) is 9.90. The van der Waals surface area contributed by atoms with Crippen LogP contribution in [0, 0.1) is 6.92 Å². The Hall–Kier alpha value is -1.95. The van der Waals surface area contributed by atoms with Gasteiger partial charge in [-0.2, -0.15) is 0 Å². The van der Waals surface area contributed by atoms with Crippen LogP contribution in [0.1, 0.15) is 30.3 Å². The molecule has 0 amide bonds. The number of aryl methyl sites for hydroxylation is 1. The van der Waals surface area contributed by atoms with Crippen molar-refractivity contribution in [3.05, 3.63) is 59.4 Å².